The maximum Gasteiger partial charge on any atom is 0.410 e. The summed E-state index contributed by atoms with van der Waals surface area (Å²) in [6.07, 6.45) is 7.03. The molecule has 1 saturated carbocycles. The first kappa shape index (κ1) is 21.9. The van der Waals surface area contributed by atoms with Crippen LogP contribution in [0.5, 0.6) is 0 Å². The number of carbonyl (C=O) groups excluding carboxylic acids is 2. The molecule has 1 heterocycles. The third-order valence-corrected chi connectivity index (χ3v) is 5.34. The fourth-order valence-corrected chi connectivity index (χ4v) is 3.97. The summed E-state index contributed by atoms with van der Waals surface area (Å²) < 4.78 is 5.26. The van der Waals surface area contributed by atoms with E-state index in [4.69, 9.17) is 4.74 Å². The topological polar surface area (TPSA) is 49.9 Å². The average Bonchev–Trinajstić information content (AvgIpc) is 2.82. The third-order valence-electron chi connectivity index (χ3n) is 5.34. The highest BCUT2D eigenvalue weighted by Crippen LogP contribution is 2.32. The summed E-state index contributed by atoms with van der Waals surface area (Å²) in [7, 11) is 0. The zero-order chi connectivity index (χ0) is 18.8. The van der Waals surface area contributed by atoms with Crippen molar-refractivity contribution < 1.29 is 14.3 Å². The zero-order valence-electron chi connectivity index (χ0n) is 16.9. The number of piperazine rings is 1. The normalized spacial score (nSPS) is 26.2. The summed E-state index contributed by atoms with van der Waals surface area (Å²) in [6, 6.07) is 0.00590. The summed E-state index contributed by atoms with van der Waals surface area (Å²) in [6.45, 7) is 12.9. The van der Waals surface area contributed by atoms with E-state index in [1.807, 2.05) is 27.7 Å². The molecule has 0 aromatic heterocycles. The van der Waals surface area contributed by atoms with Crippen LogP contribution in [0.3, 0.4) is 0 Å². The number of aldehydes is 1. The van der Waals surface area contributed by atoms with E-state index in [1.54, 1.807) is 4.90 Å². The number of nitrogens with zero attached hydrogens (tertiary/aromatic N) is 2. The molecule has 0 aromatic carbocycles. The lowest BCUT2D eigenvalue weighted by Gasteiger charge is -2.41. The van der Waals surface area contributed by atoms with Gasteiger partial charge < -0.3 is 14.4 Å². The Morgan fingerprint density at radius 1 is 1.04 bits per heavy atom. The van der Waals surface area contributed by atoms with Crippen molar-refractivity contribution in [2.75, 3.05) is 26.2 Å². The van der Waals surface area contributed by atoms with Crippen LogP contribution in [0.2, 0.25) is 0 Å². The Bertz CT molecular complexity index is 392. The highest BCUT2D eigenvalue weighted by atomic mass is 16.6. The first-order chi connectivity index (χ1) is 12.0. The molecule has 25 heavy (non-hydrogen) atoms. The molecule has 1 saturated heterocycles. The van der Waals surface area contributed by atoms with Crippen LogP contribution in [0.15, 0.2) is 0 Å². The fourth-order valence-electron chi connectivity index (χ4n) is 3.97. The molecule has 2 aliphatic rings. The van der Waals surface area contributed by atoms with Gasteiger partial charge >= 0.3 is 6.09 Å². The van der Waals surface area contributed by atoms with Gasteiger partial charge in [-0.2, -0.15) is 0 Å². The standard InChI is InChI=1S/C18H32N2O3.C2H6/c1-14(2)23-18(22)20-11-9-19(10-12-20)17(13-21)16-8-6-4-5-7-15(16)3;1-2/h13-17H,4-12H2,1-3H3;1-2H3. The maximum atomic E-state index is 12.0. The first-order valence-corrected chi connectivity index (χ1v) is 10.2. The van der Waals surface area contributed by atoms with Crippen LogP contribution in [0.1, 0.15) is 66.7 Å². The van der Waals surface area contributed by atoms with Crippen molar-refractivity contribution >= 4 is 12.4 Å². The van der Waals surface area contributed by atoms with Gasteiger partial charge in [0.05, 0.1) is 12.1 Å². The predicted molar refractivity (Wildman–Crippen MR) is 102 cm³/mol. The van der Waals surface area contributed by atoms with Crippen molar-refractivity contribution in [3.05, 3.63) is 0 Å². The van der Waals surface area contributed by atoms with Gasteiger partial charge in [-0.05, 0) is 32.1 Å². The Hall–Kier alpha value is -1.10. The Morgan fingerprint density at radius 3 is 2.20 bits per heavy atom. The van der Waals surface area contributed by atoms with Gasteiger partial charge in [0.15, 0.2) is 0 Å². The second-order valence-electron chi connectivity index (χ2n) is 7.36. The molecule has 5 heteroatoms. The van der Waals surface area contributed by atoms with E-state index in [1.165, 1.54) is 25.7 Å². The molecule has 2 fully saturated rings. The Balaban J connectivity index is 0.00000151. The molecule has 3 atom stereocenters. The largest absolute Gasteiger partial charge is 0.447 e. The number of amides is 1. The minimum atomic E-state index is -0.231. The second kappa shape index (κ2) is 11.5. The molecule has 5 nitrogen and oxygen atoms in total. The van der Waals surface area contributed by atoms with Crippen LogP contribution in [-0.4, -0.2) is 60.5 Å². The minimum Gasteiger partial charge on any atom is -0.447 e. The van der Waals surface area contributed by atoms with E-state index in [2.05, 4.69) is 11.8 Å². The molecule has 0 spiro atoms. The van der Waals surface area contributed by atoms with Crippen molar-refractivity contribution in [2.24, 2.45) is 11.8 Å². The van der Waals surface area contributed by atoms with Crippen molar-refractivity contribution in [1.82, 2.24) is 9.80 Å². The molecule has 1 aliphatic heterocycles. The van der Waals surface area contributed by atoms with E-state index in [0.29, 0.717) is 24.9 Å². The molecule has 1 amide bonds. The van der Waals surface area contributed by atoms with E-state index in [-0.39, 0.29) is 18.2 Å². The van der Waals surface area contributed by atoms with Crippen LogP contribution < -0.4 is 0 Å². The number of ether oxygens (including phenoxy) is 1. The van der Waals surface area contributed by atoms with Crippen LogP contribution in [0.25, 0.3) is 0 Å². The molecule has 3 unspecified atom stereocenters. The zero-order valence-corrected chi connectivity index (χ0v) is 16.9. The van der Waals surface area contributed by atoms with E-state index < -0.39 is 0 Å². The monoisotopic (exact) mass is 354 g/mol. The van der Waals surface area contributed by atoms with Gasteiger partial charge in [0.25, 0.3) is 0 Å². The molecular weight excluding hydrogens is 316 g/mol. The average molecular weight is 355 g/mol. The van der Waals surface area contributed by atoms with E-state index in [0.717, 1.165) is 25.8 Å². The molecular formula is C20H38N2O3. The highest BCUT2D eigenvalue weighted by Gasteiger charge is 2.34. The molecule has 0 bridgehead atoms. The number of hydrogen-bond acceptors (Lipinski definition) is 4. The molecule has 0 N–H and O–H groups in total. The summed E-state index contributed by atoms with van der Waals surface area (Å²) in [5, 5.41) is 0. The molecule has 1 aliphatic carbocycles. The van der Waals surface area contributed by atoms with Crippen LogP contribution in [-0.2, 0) is 9.53 Å². The quantitative estimate of drug-likeness (QED) is 0.566. The Morgan fingerprint density at radius 2 is 1.64 bits per heavy atom. The predicted octanol–water partition coefficient (Wildman–Crippen LogP) is 3.96. The highest BCUT2D eigenvalue weighted by molar-refractivity contribution is 5.68. The lowest BCUT2D eigenvalue weighted by atomic mass is 9.83. The van der Waals surface area contributed by atoms with Gasteiger partial charge in [-0.1, -0.05) is 46.5 Å². The van der Waals surface area contributed by atoms with Gasteiger partial charge in [-0.3, -0.25) is 4.90 Å². The van der Waals surface area contributed by atoms with Crippen LogP contribution in [0, 0.1) is 11.8 Å². The van der Waals surface area contributed by atoms with Gasteiger partial charge in [0.2, 0.25) is 0 Å². The van der Waals surface area contributed by atoms with Crippen molar-refractivity contribution in [2.45, 2.75) is 78.9 Å². The number of carbonyl (C=O) groups is 2. The summed E-state index contributed by atoms with van der Waals surface area (Å²) in [5.41, 5.74) is 0. The fraction of sp³-hybridized carbons (Fsp3) is 0.900. The van der Waals surface area contributed by atoms with Crippen LogP contribution in [0.4, 0.5) is 4.79 Å². The molecule has 146 valence electrons. The SMILES string of the molecule is CC.CC(C)OC(=O)N1CCN(C(C=O)C2CCCCCC2C)CC1. The molecule has 0 radical (unpaired) electrons. The smallest absolute Gasteiger partial charge is 0.410 e. The van der Waals surface area contributed by atoms with Gasteiger partial charge in [0.1, 0.15) is 6.29 Å². The third kappa shape index (κ3) is 6.61. The van der Waals surface area contributed by atoms with Gasteiger partial charge in [0, 0.05) is 26.2 Å². The van der Waals surface area contributed by atoms with Gasteiger partial charge in [-0.25, -0.2) is 4.79 Å². The lowest BCUT2D eigenvalue weighted by Crippen LogP contribution is -2.55. The number of hydrogen-bond donors (Lipinski definition) is 0. The van der Waals surface area contributed by atoms with Crippen LogP contribution >= 0.6 is 0 Å². The van der Waals surface area contributed by atoms with E-state index >= 15 is 0 Å². The maximum absolute atomic E-state index is 12.0. The number of rotatable bonds is 4. The summed E-state index contributed by atoms with van der Waals surface area (Å²) in [4.78, 5) is 27.8. The summed E-state index contributed by atoms with van der Waals surface area (Å²) in [5.74, 6) is 1.07. The molecule has 2 rings (SSSR count). The Kier molecular flexibility index (Phi) is 10.1. The van der Waals surface area contributed by atoms with Crippen molar-refractivity contribution in [3.8, 4) is 0 Å². The minimum absolute atomic E-state index is 0.00590. The van der Waals surface area contributed by atoms with E-state index in [9.17, 15) is 9.59 Å². The first-order valence-electron chi connectivity index (χ1n) is 10.2. The Labute approximate surface area is 154 Å². The molecule has 0 aromatic rings. The summed E-state index contributed by atoms with van der Waals surface area (Å²) >= 11 is 0. The van der Waals surface area contributed by atoms with Crippen molar-refractivity contribution in [1.29, 1.82) is 0 Å². The van der Waals surface area contributed by atoms with Crippen molar-refractivity contribution in [3.63, 3.8) is 0 Å². The lowest BCUT2D eigenvalue weighted by molar-refractivity contribution is -0.115. The second-order valence-corrected chi connectivity index (χ2v) is 7.36. The van der Waals surface area contributed by atoms with Gasteiger partial charge in [-0.15, -0.1) is 0 Å².